The van der Waals surface area contributed by atoms with E-state index in [4.69, 9.17) is 0 Å². The number of aliphatic hydroxyl groups excluding tert-OH is 1. The number of benzene rings is 2. The highest BCUT2D eigenvalue weighted by Crippen LogP contribution is 2.32. The van der Waals surface area contributed by atoms with Gasteiger partial charge in [0.25, 0.3) is 0 Å². The van der Waals surface area contributed by atoms with Crippen molar-refractivity contribution in [3.8, 4) is 16.9 Å². The Morgan fingerprint density at radius 2 is 2.10 bits per heavy atom. The first-order chi connectivity index (χ1) is 9.56. The third kappa shape index (κ3) is 2.04. The van der Waals surface area contributed by atoms with Crippen LogP contribution in [0.5, 0.6) is 5.75 Å². The van der Waals surface area contributed by atoms with E-state index in [1.807, 2.05) is 31.4 Å². The van der Waals surface area contributed by atoms with E-state index in [0.717, 1.165) is 22.0 Å². The summed E-state index contributed by atoms with van der Waals surface area (Å²) in [7, 11) is 1.89. The monoisotopic (exact) mass is 267 g/mol. The molecule has 2 aromatic carbocycles. The van der Waals surface area contributed by atoms with Crippen LogP contribution < -0.4 is 0 Å². The fraction of sp³-hybridized carbons (Fsp3) is 0.188. The average molecular weight is 267 g/mol. The van der Waals surface area contributed by atoms with Crippen LogP contribution in [-0.2, 0) is 7.05 Å². The molecule has 1 aromatic heterocycles. The molecule has 1 heterocycles. The molecule has 3 rings (SSSR count). The maximum atomic E-state index is 9.85. The molecule has 0 saturated heterocycles. The molecule has 1 unspecified atom stereocenters. The summed E-state index contributed by atoms with van der Waals surface area (Å²) in [6.45, 7) is 1.69. The van der Waals surface area contributed by atoms with E-state index < -0.39 is 6.10 Å². The van der Waals surface area contributed by atoms with E-state index in [2.05, 4.69) is 11.2 Å². The number of phenolic OH excluding ortho intramolecular Hbond substituents is 1. The van der Waals surface area contributed by atoms with Crippen LogP contribution in [0.1, 0.15) is 18.6 Å². The molecule has 3 aromatic rings. The molecule has 0 aliphatic carbocycles. The van der Waals surface area contributed by atoms with Crippen LogP contribution in [0.15, 0.2) is 36.5 Å². The maximum absolute atomic E-state index is 9.85. The topological polar surface area (TPSA) is 58.3 Å². The van der Waals surface area contributed by atoms with Gasteiger partial charge < -0.3 is 10.2 Å². The number of fused-ring (bicyclic) bond motifs is 1. The highest BCUT2D eigenvalue weighted by atomic mass is 16.3. The standard InChI is InChI=1S/C16H15N2O2/c1-10(19)14-6-5-13(20)8-15(14)11-3-4-12-9-17-18(2)16(12)7-11/h3-5,7-10,19-20H,1-2H3. The van der Waals surface area contributed by atoms with E-state index in [0.29, 0.717) is 5.56 Å². The normalized spacial score (nSPS) is 12.8. The number of phenols is 1. The molecule has 0 fully saturated rings. The molecular formula is C16H15N2O2. The summed E-state index contributed by atoms with van der Waals surface area (Å²) in [6.07, 6.45) is 1.16. The van der Waals surface area contributed by atoms with E-state index in [1.54, 1.807) is 17.7 Å². The third-order valence-electron chi connectivity index (χ3n) is 3.44. The van der Waals surface area contributed by atoms with Gasteiger partial charge in [0.15, 0.2) is 0 Å². The van der Waals surface area contributed by atoms with Crippen molar-refractivity contribution < 1.29 is 10.2 Å². The Kier molecular flexibility index (Phi) is 2.95. The maximum Gasteiger partial charge on any atom is 0.116 e. The van der Waals surface area contributed by atoms with Crippen LogP contribution in [0.25, 0.3) is 22.0 Å². The molecule has 0 aliphatic rings. The largest absolute Gasteiger partial charge is 0.508 e. The zero-order chi connectivity index (χ0) is 14.3. The Morgan fingerprint density at radius 3 is 2.85 bits per heavy atom. The van der Waals surface area contributed by atoms with Gasteiger partial charge >= 0.3 is 0 Å². The second-order valence-corrected chi connectivity index (χ2v) is 4.90. The molecule has 1 atom stereocenters. The van der Waals surface area contributed by atoms with E-state index in [-0.39, 0.29) is 5.75 Å². The first-order valence-corrected chi connectivity index (χ1v) is 6.41. The number of aryl methyl sites for hydroxylation is 1. The first kappa shape index (κ1) is 12.7. The predicted molar refractivity (Wildman–Crippen MR) is 77.3 cm³/mol. The van der Waals surface area contributed by atoms with Crippen molar-refractivity contribution in [3.05, 3.63) is 48.2 Å². The Bertz CT molecular complexity index is 775. The highest BCUT2D eigenvalue weighted by molar-refractivity contribution is 5.85. The summed E-state index contributed by atoms with van der Waals surface area (Å²) in [6, 6.07) is 12.0. The zero-order valence-corrected chi connectivity index (χ0v) is 11.3. The van der Waals surface area contributed by atoms with Gasteiger partial charge in [-0.25, -0.2) is 0 Å². The number of aliphatic hydroxyl groups is 1. The molecule has 1 radical (unpaired) electrons. The van der Waals surface area contributed by atoms with Crippen molar-refractivity contribution in [1.82, 2.24) is 9.78 Å². The summed E-state index contributed by atoms with van der Waals surface area (Å²) in [5.41, 5.74) is 3.37. The van der Waals surface area contributed by atoms with Crippen molar-refractivity contribution in [3.63, 3.8) is 0 Å². The number of nitrogens with zero attached hydrogens (tertiary/aromatic N) is 2. The van der Waals surface area contributed by atoms with Crippen LogP contribution >= 0.6 is 0 Å². The Balaban J connectivity index is 2.24. The Labute approximate surface area is 116 Å². The predicted octanol–water partition coefficient (Wildman–Crippen LogP) is 2.80. The van der Waals surface area contributed by atoms with E-state index in [9.17, 15) is 10.2 Å². The SMILES string of the molecule is CC(O)c1[c]cc(O)cc1-c1ccc2cnn(C)c2c1. The van der Waals surface area contributed by atoms with E-state index >= 15 is 0 Å². The second kappa shape index (κ2) is 4.65. The summed E-state index contributed by atoms with van der Waals surface area (Å²) >= 11 is 0. The first-order valence-electron chi connectivity index (χ1n) is 6.41. The smallest absolute Gasteiger partial charge is 0.116 e. The third-order valence-corrected chi connectivity index (χ3v) is 3.44. The fourth-order valence-electron chi connectivity index (χ4n) is 2.39. The number of hydrogen-bond acceptors (Lipinski definition) is 3. The number of aromatic hydroxyl groups is 1. The molecule has 4 heteroatoms. The lowest BCUT2D eigenvalue weighted by atomic mass is 9.96. The molecule has 0 bridgehead atoms. The molecule has 0 aliphatic heterocycles. The van der Waals surface area contributed by atoms with Crippen LogP contribution in [0.2, 0.25) is 0 Å². The number of hydrogen-bond donors (Lipinski definition) is 2. The summed E-state index contributed by atoms with van der Waals surface area (Å²) in [5.74, 6) is 0.134. The second-order valence-electron chi connectivity index (χ2n) is 4.90. The molecule has 2 N–H and O–H groups in total. The Morgan fingerprint density at radius 1 is 1.30 bits per heavy atom. The van der Waals surface area contributed by atoms with Crippen LogP contribution in [-0.4, -0.2) is 20.0 Å². The lowest BCUT2D eigenvalue weighted by Gasteiger charge is -2.12. The van der Waals surface area contributed by atoms with Gasteiger partial charge in [-0.1, -0.05) is 12.1 Å². The molecule has 0 saturated carbocycles. The van der Waals surface area contributed by atoms with Crippen LogP contribution in [0.3, 0.4) is 0 Å². The van der Waals surface area contributed by atoms with Gasteiger partial charge in [-0.2, -0.15) is 5.10 Å². The molecule has 20 heavy (non-hydrogen) atoms. The van der Waals surface area contributed by atoms with Gasteiger partial charge in [-0.3, -0.25) is 4.68 Å². The van der Waals surface area contributed by atoms with Crippen molar-refractivity contribution in [1.29, 1.82) is 0 Å². The summed E-state index contributed by atoms with van der Waals surface area (Å²) in [4.78, 5) is 0. The zero-order valence-electron chi connectivity index (χ0n) is 11.3. The minimum absolute atomic E-state index is 0.134. The van der Waals surface area contributed by atoms with Gasteiger partial charge in [0.2, 0.25) is 0 Å². The molecule has 101 valence electrons. The van der Waals surface area contributed by atoms with Crippen molar-refractivity contribution in [2.45, 2.75) is 13.0 Å². The minimum atomic E-state index is -0.646. The lowest BCUT2D eigenvalue weighted by Crippen LogP contribution is -1.96. The van der Waals surface area contributed by atoms with Gasteiger partial charge in [-0.15, -0.1) is 0 Å². The lowest BCUT2D eigenvalue weighted by molar-refractivity contribution is 0.199. The average Bonchev–Trinajstić information content (AvgIpc) is 2.79. The molecule has 0 spiro atoms. The van der Waals surface area contributed by atoms with Gasteiger partial charge in [0, 0.05) is 12.4 Å². The van der Waals surface area contributed by atoms with Crippen LogP contribution in [0.4, 0.5) is 0 Å². The minimum Gasteiger partial charge on any atom is -0.508 e. The fourth-order valence-corrected chi connectivity index (χ4v) is 2.39. The van der Waals surface area contributed by atoms with Crippen molar-refractivity contribution in [2.24, 2.45) is 7.05 Å². The summed E-state index contributed by atoms with van der Waals surface area (Å²) < 4.78 is 1.80. The molecule has 4 nitrogen and oxygen atoms in total. The van der Waals surface area contributed by atoms with Gasteiger partial charge in [0.05, 0.1) is 17.8 Å². The van der Waals surface area contributed by atoms with E-state index in [1.165, 1.54) is 6.07 Å². The van der Waals surface area contributed by atoms with Crippen LogP contribution in [0, 0.1) is 6.07 Å². The van der Waals surface area contributed by atoms with Crippen molar-refractivity contribution >= 4 is 10.9 Å². The Hall–Kier alpha value is -2.33. The summed E-state index contributed by atoms with van der Waals surface area (Å²) in [5, 5.41) is 24.8. The van der Waals surface area contributed by atoms with Crippen molar-refractivity contribution in [2.75, 3.05) is 0 Å². The van der Waals surface area contributed by atoms with Gasteiger partial charge in [-0.05, 0) is 47.9 Å². The quantitative estimate of drug-likeness (QED) is 0.750. The molecule has 0 amide bonds. The number of aromatic nitrogens is 2. The van der Waals surface area contributed by atoms with Gasteiger partial charge in [0.1, 0.15) is 5.75 Å². The highest BCUT2D eigenvalue weighted by Gasteiger charge is 2.12. The molecular weight excluding hydrogens is 252 g/mol. The number of rotatable bonds is 2.